The summed E-state index contributed by atoms with van der Waals surface area (Å²) in [6.07, 6.45) is 9.81. The van der Waals surface area contributed by atoms with Gasteiger partial charge in [0.05, 0.1) is 57.4 Å². The third-order valence-corrected chi connectivity index (χ3v) is 6.17. The second-order valence-electron chi connectivity index (χ2n) is 5.30. The van der Waals surface area contributed by atoms with E-state index >= 15 is 0 Å². The lowest BCUT2D eigenvalue weighted by Gasteiger charge is -2.28. The summed E-state index contributed by atoms with van der Waals surface area (Å²) in [5, 5.41) is 0. The van der Waals surface area contributed by atoms with Crippen LogP contribution < -0.4 is 0 Å². The Morgan fingerprint density at radius 3 is 1.33 bits per heavy atom. The SMILES string of the molecule is CC[Si](OCc1ccoc1)(OCc1ccoc1)OCc1ccoc1. The standard InChI is InChI=1S/C17H20O6Si/c1-2-24(21-12-15-3-6-18-9-15,22-13-16-4-7-19-10-16)23-14-17-5-8-20-11-17/h3-11H,2,12-14H2,1H3. The van der Waals surface area contributed by atoms with Gasteiger partial charge in [0.1, 0.15) is 0 Å². The molecule has 0 aromatic carbocycles. The quantitative estimate of drug-likeness (QED) is 0.507. The van der Waals surface area contributed by atoms with Crippen molar-refractivity contribution in [1.29, 1.82) is 0 Å². The molecule has 24 heavy (non-hydrogen) atoms. The molecule has 3 aromatic rings. The van der Waals surface area contributed by atoms with Crippen molar-refractivity contribution < 1.29 is 26.5 Å². The molecular weight excluding hydrogens is 328 g/mol. The van der Waals surface area contributed by atoms with Crippen molar-refractivity contribution >= 4 is 8.80 Å². The number of hydrogen-bond acceptors (Lipinski definition) is 6. The lowest BCUT2D eigenvalue weighted by Crippen LogP contribution is -2.44. The van der Waals surface area contributed by atoms with Crippen LogP contribution in [0.4, 0.5) is 0 Å². The highest BCUT2D eigenvalue weighted by atomic mass is 28.4. The predicted octanol–water partition coefficient (Wildman–Crippen LogP) is 4.37. The van der Waals surface area contributed by atoms with Gasteiger partial charge < -0.3 is 26.5 Å². The summed E-state index contributed by atoms with van der Waals surface area (Å²) in [5.41, 5.74) is 2.83. The molecule has 0 bridgehead atoms. The fraction of sp³-hybridized carbons (Fsp3) is 0.294. The van der Waals surface area contributed by atoms with Crippen molar-refractivity contribution in [1.82, 2.24) is 0 Å². The molecule has 0 aliphatic rings. The maximum absolute atomic E-state index is 6.09. The number of rotatable bonds is 10. The molecule has 0 atom stereocenters. The fourth-order valence-corrected chi connectivity index (χ4v) is 4.16. The molecule has 0 aliphatic carbocycles. The first-order valence-electron chi connectivity index (χ1n) is 7.75. The molecule has 3 aromatic heterocycles. The highest BCUT2D eigenvalue weighted by molar-refractivity contribution is 6.60. The largest absolute Gasteiger partial charge is 0.501 e. The minimum atomic E-state index is -2.86. The van der Waals surface area contributed by atoms with E-state index in [9.17, 15) is 0 Å². The first-order chi connectivity index (χ1) is 11.8. The van der Waals surface area contributed by atoms with Crippen LogP contribution in [0.2, 0.25) is 6.04 Å². The Morgan fingerprint density at radius 2 is 1.08 bits per heavy atom. The van der Waals surface area contributed by atoms with Gasteiger partial charge in [-0.2, -0.15) is 0 Å². The van der Waals surface area contributed by atoms with Crippen molar-refractivity contribution in [2.75, 3.05) is 0 Å². The Hall–Kier alpha value is -2.06. The van der Waals surface area contributed by atoms with Gasteiger partial charge in [-0.25, -0.2) is 0 Å². The summed E-state index contributed by atoms with van der Waals surface area (Å²) < 4.78 is 33.5. The zero-order chi connectivity index (χ0) is 16.7. The molecule has 128 valence electrons. The molecule has 6 nitrogen and oxygen atoms in total. The number of furan rings is 3. The van der Waals surface area contributed by atoms with Crippen molar-refractivity contribution in [3.63, 3.8) is 0 Å². The third-order valence-electron chi connectivity index (χ3n) is 3.55. The van der Waals surface area contributed by atoms with Crippen LogP contribution in [0.25, 0.3) is 0 Å². The van der Waals surface area contributed by atoms with Gasteiger partial charge in [-0.1, -0.05) is 6.92 Å². The highest BCUT2D eigenvalue weighted by Gasteiger charge is 2.40. The second kappa shape index (κ2) is 8.16. The zero-order valence-electron chi connectivity index (χ0n) is 13.5. The maximum Gasteiger partial charge on any atom is 0.501 e. The molecule has 0 saturated heterocycles. The fourth-order valence-electron chi connectivity index (χ4n) is 2.14. The Morgan fingerprint density at radius 1 is 0.708 bits per heavy atom. The average Bonchev–Trinajstić information content (AvgIpc) is 3.37. The first kappa shape index (κ1) is 16.8. The van der Waals surface area contributed by atoms with Crippen LogP contribution >= 0.6 is 0 Å². The minimum Gasteiger partial charge on any atom is -0.472 e. The highest BCUT2D eigenvalue weighted by Crippen LogP contribution is 2.22. The van der Waals surface area contributed by atoms with Crippen LogP contribution in [0.5, 0.6) is 0 Å². The molecule has 0 unspecified atom stereocenters. The van der Waals surface area contributed by atoms with Crippen molar-refractivity contribution in [3.05, 3.63) is 72.5 Å². The summed E-state index contributed by atoms with van der Waals surface area (Å²) in [7, 11) is -2.86. The lowest BCUT2D eigenvalue weighted by molar-refractivity contribution is 0.0435. The number of hydrogen-bond donors (Lipinski definition) is 0. The van der Waals surface area contributed by atoms with Crippen molar-refractivity contribution in [3.8, 4) is 0 Å². The summed E-state index contributed by atoms with van der Waals surface area (Å²) in [4.78, 5) is 0. The van der Waals surface area contributed by atoms with Crippen LogP contribution in [-0.4, -0.2) is 8.80 Å². The smallest absolute Gasteiger partial charge is 0.472 e. The van der Waals surface area contributed by atoms with Crippen LogP contribution in [0.15, 0.2) is 69.0 Å². The summed E-state index contributed by atoms with van der Waals surface area (Å²) in [5.74, 6) is 0. The molecule has 0 radical (unpaired) electrons. The maximum atomic E-state index is 6.09. The molecule has 7 heteroatoms. The molecule has 0 amide bonds. The van der Waals surface area contributed by atoms with E-state index < -0.39 is 8.80 Å². The molecule has 0 saturated carbocycles. The molecule has 0 aliphatic heterocycles. The molecular formula is C17H20O6Si. The van der Waals surface area contributed by atoms with E-state index in [4.69, 9.17) is 26.5 Å². The van der Waals surface area contributed by atoms with Crippen molar-refractivity contribution in [2.45, 2.75) is 32.8 Å². The summed E-state index contributed by atoms with van der Waals surface area (Å²) in [6, 6.07) is 6.24. The minimum absolute atomic E-state index is 0.382. The lowest BCUT2D eigenvalue weighted by atomic mass is 10.4. The molecule has 3 heterocycles. The van der Waals surface area contributed by atoms with Gasteiger partial charge in [-0.3, -0.25) is 0 Å². The summed E-state index contributed by atoms with van der Waals surface area (Å²) >= 11 is 0. The second-order valence-corrected chi connectivity index (χ2v) is 8.24. The normalized spacial score (nSPS) is 11.9. The Balaban J connectivity index is 1.66. The van der Waals surface area contributed by atoms with Gasteiger partial charge in [0.15, 0.2) is 0 Å². The Bertz CT molecular complexity index is 581. The average molecular weight is 348 g/mol. The van der Waals surface area contributed by atoms with Crippen LogP contribution in [0.3, 0.4) is 0 Å². The van der Waals surface area contributed by atoms with Crippen molar-refractivity contribution in [2.24, 2.45) is 0 Å². The van der Waals surface area contributed by atoms with Crippen LogP contribution in [0, 0.1) is 0 Å². The van der Waals surface area contributed by atoms with E-state index in [1.54, 1.807) is 37.6 Å². The molecule has 0 N–H and O–H groups in total. The molecule has 0 fully saturated rings. The molecule has 0 spiro atoms. The van der Waals surface area contributed by atoms with Crippen LogP contribution in [-0.2, 0) is 33.1 Å². The van der Waals surface area contributed by atoms with Gasteiger partial charge in [-0.15, -0.1) is 0 Å². The van der Waals surface area contributed by atoms with E-state index in [0.29, 0.717) is 25.9 Å². The Kier molecular flexibility index (Phi) is 5.71. The van der Waals surface area contributed by atoms with Gasteiger partial charge >= 0.3 is 8.80 Å². The van der Waals surface area contributed by atoms with Gasteiger partial charge in [0, 0.05) is 22.7 Å². The summed E-state index contributed by atoms with van der Waals surface area (Å²) in [6.45, 7) is 3.15. The van der Waals surface area contributed by atoms with Gasteiger partial charge in [-0.05, 0) is 18.2 Å². The van der Waals surface area contributed by atoms with E-state index in [-0.39, 0.29) is 0 Å². The van der Waals surface area contributed by atoms with Gasteiger partial charge in [0.2, 0.25) is 0 Å². The molecule has 3 rings (SSSR count). The first-order valence-corrected chi connectivity index (χ1v) is 9.68. The van der Waals surface area contributed by atoms with E-state index in [1.165, 1.54) is 0 Å². The third kappa shape index (κ3) is 4.48. The topological polar surface area (TPSA) is 67.1 Å². The predicted molar refractivity (Wildman–Crippen MR) is 86.7 cm³/mol. The Labute approximate surface area is 141 Å². The van der Waals surface area contributed by atoms with E-state index in [1.807, 2.05) is 25.1 Å². The monoisotopic (exact) mass is 348 g/mol. The van der Waals surface area contributed by atoms with Gasteiger partial charge in [0.25, 0.3) is 0 Å². The van der Waals surface area contributed by atoms with E-state index in [0.717, 1.165) is 16.7 Å². The van der Waals surface area contributed by atoms with E-state index in [2.05, 4.69) is 0 Å². The van der Waals surface area contributed by atoms with Crippen LogP contribution in [0.1, 0.15) is 23.6 Å². The zero-order valence-corrected chi connectivity index (χ0v) is 14.5.